The van der Waals surface area contributed by atoms with Crippen LogP contribution in [0.1, 0.15) is 32.8 Å². The fraction of sp³-hybridized carbons (Fsp3) is 0.611. The van der Waals surface area contributed by atoms with Crippen molar-refractivity contribution < 1.29 is 9.53 Å². The molecule has 2 N–H and O–H groups in total. The highest BCUT2D eigenvalue weighted by Gasteiger charge is 2.48. The second-order valence-electron chi connectivity index (χ2n) is 7.75. The van der Waals surface area contributed by atoms with Crippen LogP contribution in [0.25, 0.3) is 0 Å². The summed E-state index contributed by atoms with van der Waals surface area (Å²) in [5.41, 5.74) is 7.49. The van der Waals surface area contributed by atoms with Gasteiger partial charge in [-0.05, 0) is 69.1 Å². The van der Waals surface area contributed by atoms with Gasteiger partial charge >= 0.3 is 6.09 Å². The van der Waals surface area contributed by atoms with Gasteiger partial charge in [0.05, 0.1) is 0 Å². The lowest BCUT2D eigenvalue weighted by atomic mass is 9.60. The molecule has 1 aromatic carbocycles. The van der Waals surface area contributed by atoms with E-state index in [0.717, 1.165) is 25.2 Å². The monoisotopic (exact) mass is 302 g/mol. The molecule has 4 nitrogen and oxygen atoms in total. The van der Waals surface area contributed by atoms with Crippen LogP contribution in [0, 0.1) is 17.8 Å². The molecule has 120 valence electrons. The van der Waals surface area contributed by atoms with Gasteiger partial charge < -0.3 is 15.4 Å². The van der Waals surface area contributed by atoms with Gasteiger partial charge in [0.2, 0.25) is 0 Å². The first-order valence-electron chi connectivity index (χ1n) is 8.14. The van der Waals surface area contributed by atoms with E-state index in [1.54, 1.807) is 0 Å². The summed E-state index contributed by atoms with van der Waals surface area (Å²) < 4.78 is 5.49. The summed E-state index contributed by atoms with van der Waals surface area (Å²) in [5.74, 6) is 1.93. The number of carbonyl (C=O) groups excluding carboxylic acids is 1. The van der Waals surface area contributed by atoms with E-state index in [0.29, 0.717) is 17.8 Å². The van der Waals surface area contributed by atoms with E-state index < -0.39 is 5.60 Å². The third kappa shape index (κ3) is 3.21. The Balaban J connectivity index is 1.56. The van der Waals surface area contributed by atoms with Crippen molar-refractivity contribution in [1.29, 1.82) is 0 Å². The summed E-state index contributed by atoms with van der Waals surface area (Å²) >= 11 is 0. The molecule has 1 saturated carbocycles. The van der Waals surface area contributed by atoms with E-state index in [9.17, 15) is 4.79 Å². The first kappa shape index (κ1) is 15.2. The zero-order chi connectivity index (χ0) is 15.9. The third-order valence-electron chi connectivity index (χ3n) is 4.83. The summed E-state index contributed by atoms with van der Waals surface area (Å²) in [7, 11) is 0. The second-order valence-corrected chi connectivity index (χ2v) is 7.75. The molecule has 4 rings (SSSR count). The molecule has 1 aliphatic carbocycles. The maximum absolute atomic E-state index is 12.2. The van der Waals surface area contributed by atoms with Gasteiger partial charge in [0, 0.05) is 18.8 Å². The number of hydrogen-bond donors (Lipinski definition) is 1. The van der Waals surface area contributed by atoms with Crippen molar-refractivity contribution in [3.05, 3.63) is 29.8 Å². The van der Waals surface area contributed by atoms with Crippen LogP contribution in [0.4, 0.5) is 10.5 Å². The number of nitrogens with zero attached hydrogens (tertiary/aromatic N) is 1. The van der Waals surface area contributed by atoms with Crippen molar-refractivity contribution in [3.8, 4) is 0 Å². The molecule has 2 atom stereocenters. The van der Waals surface area contributed by atoms with Crippen molar-refractivity contribution >= 4 is 11.8 Å². The maximum Gasteiger partial charge on any atom is 0.410 e. The number of carbonyl (C=O) groups is 1. The smallest absolute Gasteiger partial charge is 0.410 e. The Hall–Kier alpha value is -1.71. The van der Waals surface area contributed by atoms with Gasteiger partial charge in [-0.2, -0.15) is 0 Å². The Morgan fingerprint density at radius 1 is 1.23 bits per heavy atom. The predicted molar refractivity (Wildman–Crippen MR) is 87.5 cm³/mol. The fourth-order valence-electron chi connectivity index (χ4n) is 3.72. The highest BCUT2D eigenvalue weighted by Crippen LogP contribution is 2.47. The number of anilines is 1. The molecule has 3 aliphatic rings. The van der Waals surface area contributed by atoms with Crippen molar-refractivity contribution in [1.82, 2.24) is 4.90 Å². The normalized spacial score (nSPS) is 27.2. The van der Waals surface area contributed by atoms with E-state index in [1.807, 2.05) is 37.8 Å². The molecule has 22 heavy (non-hydrogen) atoms. The molecule has 2 bridgehead atoms. The molecule has 4 heteroatoms. The number of hydrogen-bond acceptors (Lipinski definition) is 3. The Bertz CT molecular complexity index is 535. The molecule has 1 amide bonds. The first-order valence-corrected chi connectivity index (χ1v) is 8.14. The van der Waals surface area contributed by atoms with Gasteiger partial charge in [0.15, 0.2) is 0 Å². The minimum Gasteiger partial charge on any atom is -0.444 e. The lowest BCUT2D eigenvalue weighted by molar-refractivity contribution is -0.0538. The summed E-state index contributed by atoms with van der Waals surface area (Å²) in [6.45, 7) is 7.43. The van der Waals surface area contributed by atoms with Crippen LogP contribution in [-0.2, 0) is 11.2 Å². The quantitative estimate of drug-likeness (QED) is 0.853. The van der Waals surface area contributed by atoms with E-state index in [1.165, 1.54) is 12.0 Å². The van der Waals surface area contributed by atoms with Gasteiger partial charge in [-0.25, -0.2) is 4.79 Å². The molecule has 2 aliphatic heterocycles. The van der Waals surface area contributed by atoms with Crippen molar-refractivity contribution in [3.63, 3.8) is 0 Å². The van der Waals surface area contributed by atoms with Crippen LogP contribution in [0.15, 0.2) is 24.3 Å². The molecule has 0 spiro atoms. The molecule has 2 heterocycles. The number of benzene rings is 1. The number of ether oxygens (including phenoxy) is 1. The van der Waals surface area contributed by atoms with Gasteiger partial charge in [0.25, 0.3) is 0 Å². The predicted octanol–water partition coefficient (Wildman–Crippen LogP) is 3.31. The van der Waals surface area contributed by atoms with Crippen LogP contribution in [0.5, 0.6) is 0 Å². The number of fused-ring (bicyclic) bond motifs is 2. The molecule has 0 radical (unpaired) electrons. The second kappa shape index (κ2) is 5.49. The molecule has 0 aromatic heterocycles. The van der Waals surface area contributed by atoms with Crippen molar-refractivity contribution in [2.24, 2.45) is 17.8 Å². The van der Waals surface area contributed by atoms with Crippen LogP contribution in [0.2, 0.25) is 0 Å². The zero-order valence-electron chi connectivity index (χ0n) is 13.7. The highest BCUT2D eigenvalue weighted by atomic mass is 16.6. The molecule has 2 unspecified atom stereocenters. The molecule has 2 saturated heterocycles. The molecular formula is C18H26N2O2. The van der Waals surface area contributed by atoms with E-state index in [4.69, 9.17) is 10.5 Å². The van der Waals surface area contributed by atoms with E-state index in [-0.39, 0.29) is 6.09 Å². The minimum atomic E-state index is -0.415. The van der Waals surface area contributed by atoms with Crippen molar-refractivity contribution in [2.75, 3.05) is 18.8 Å². The van der Waals surface area contributed by atoms with Gasteiger partial charge in [0.1, 0.15) is 5.60 Å². The SMILES string of the molecule is CC(C)(C)OC(=O)N1CC2CC(C1)C2Cc1ccc(N)cc1. The van der Waals surface area contributed by atoms with Crippen LogP contribution in [-0.4, -0.2) is 29.7 Å². The standard InChI is InChI=1S/C18H26N2O2/c1-18(2,3)22-17(21)20-10-13-9-14(11-20)16(13)8-12-4-6-15(19)7-5-12/h4-7,13-14,16H,8-11,19H2,1-3H3. The number of amides is 1. The molecule has 1 aromatic rings. The van der Waals surface area contributed by atoms with Crippen LogP contribution in [0.3, 0.4) is 0 Å². The minimum absolute atomic E-state index is 0.159. The van der Waals surface area contributed by atoms with Crippen molar-refractivity contribution in [2.45, 2.75) is 39.2 Å². The topological polar surface area (TPSA) is 55.6 Å². The lowest BCUT2D eigenvalue weighted by Crippen LogP contribution is -2.57. The Morgan fingerprint density at radius 2 is 1.82 bits per heavy atom. The summed E-state index contributed by atoms with van der Waals surface area (Å²) in [4.78, 5) is 14.1. The Kier molecular flexibility index (Phi) is 3.79. The summed E-state index contributed by atoms with van der Waals surface area (Å²) in [5, 5.41) is 0. The van der Waals surface area contributed by atoms with Gasteiger partial charge in [-0.1, -0.05) is 12.1 Å². The molecular weight excluding hydrogens is 276 g/mol. The number of rotatable bonds is 2. The van der Waals surface area contributed by atoms with Crippen LogP contribution >= 0.6 is 0 Å². The third-order valence-corrected chi connectivity index (χ3v) is 4.83. The molecule has 3 fully saturated rings. The lowest BCUT2D eigenvalue weighted by Gasteiger charge is -2.53. The van der Waals surface area contributed by atoms with Gasteiger partial charge in [-0.3, -0.25) is 0 Å². The van der Waals surface area contributed by atoms with E-state index in [2.05, 4.69) is 12.1 Å². The summed E-state index contributed by atoms with van der Waals surface area (Å²) in [6, 6.07) is 8.18. The van der Waals surface area contributed by atoms with Crippen LogP contribution < -0.4 is 5.73 Å². The average molecular weight is 302 g/mol. The first-order chi connectivity index (χ1) is 10.3. The van der Waals surface area contributed by atoms with Gasteiger partial charge in [-0.15, -0.1) is 0 Å². The number of piperidine rings is 2. The maximum atomic E-state index is 12.2. The average Bonchev–Trinajstić information content (AvgIpc) is 2.45. The number of nitrogen functional groups attached to an aromatic ring is 1. The fourth-order valence-corrected chi connectivity index (χ4v) is 3.72. The zero-order valence-corrected chi connectivity index (χ0v) is 13.7. The number of nitrogens with two attached hydrogens (primary N) is 1. The van der Waals surface area contributed by atoms with E-state index >= 15 is 0 Å². The highest BCUT2D eigenvalue weighted by molar-refractivity contribution is 5.68. The summed E-state index contributed by atoms with van der Waals surface area (Å²) in [6.07, 6.45) is 2.18. The Morgan fingerprint density at radius 3 is 2.36 bits per heavy atom. The largest absolute Gasteiger partial charge is 0.444 e. The Labute approximate surface area is 132 Å².